The van der Waals surface area contributed by atoms with Gasteiger partial charge in [-0.15, -0.1) is 12.4 Å². The van der Waals surface area contributed by atoms with E-state index in [2.05, 4.69) is 5.32 Å². The van der Waals surface area contributed by atoms with Crippen LogP contribution in [0.5, 0.6) is 0 Å². The molecule has 0 rings (SSSR count). The molecule has 1 unspecified atom stereocenters. The highest BCUT2D eigenvalue weighted by molar-refractivity contribution is 5.85. The van der Waals surface area contributed by atoms with E-state index in [1.807, 2.05) is 6.92 Å². The molecule has 0 aromatic carbocycles. The molecule has 0 heterocycles. The second-order valence-corrected chi connectivity index (χ2v) is 1.79. The summed E-state index contributed by atoms with van der Waals surface area (Å²) in [6.45, 7) is 2.25. The molecule has 1 amide bonds. The molecular formula is C5H13ClN2O2. The van der Waals surface area contributed by atoms with Crippen molar-refractivity contribution in [2.75, 3.05) is 6.54 Å². The number of rotatable bonds is 3. The summed E-state index contributed by atoms with van der Waals surface area (Å²) in [5, 5.41) is 10.5. The maximum absolute atomic E-state index is 9.96. The summed E-state index contributed by atoms with van der Waals surface area (Å²) in [6.07, 6.45) is -0.268. The molecule has 1 atom stereocenters. The van der Waals surface area contributed by atoms with Crippen LogP contribution in [0.25, 0.3) is 0 Å². The number of hydrogen-bond donors (Lipinski definition) is 3. The van der Waals surface area contributed by atoms with Crippen LogP contribution in [0.2, 0.25) is 0 Å². The van der Waals surface area contributed by atoms with Crippen LogP contribution in [-0.4, -0.2) is 23.8 Å². The van der Waals surface area contributed by atoms with Gasteiger partial charge in [0.1, 0.15) is 0 Å². The van der Waals surface area contributed by atoms with E-state index < -0.39 is 6.09 Å². The van der Waals surface area contributed by atoms with E-state index in [-0.39, 0.29) is 18.4 Å². The lowest BCUT2D eigenvalue weighted by atomic mass is 10.2. The van der Waals surface area contributed by atoms with Crippen LogP contribution in [0.15, 0.2) is 0 Å². The van der Waals surface area contributed by atoms with E-state index in [1.54, 1.807) is 0 Å². The maximum atomic E-state index is 9.96. The molecule has 4 N–H and O–H groups in total. The third kappa shape index (κ3) is 5.65. The van der Waals surface area contributed by atoms with Crippen LogP contribution in [0.1, 0.15) is 13.3 Å². The average molecular weight is 169 g/mol. The molecule has 0 aliphatic rings. The average Bonchev–Trinajstić information content (AvgIpc) is 1.82. The van der Waals surface area contributed by atoms with Gasteiger partial charge in [-0.25, -0.2) is 4.79 Å². The van der Waals surface area contributed by atoms with Gasteiger partial charge in [0.25, 0.3) is 0 Å². The van der Waals surface area contributed by atoms with Gasteiger partial charge >= 0.3 is 6.09 Å². The summed E-state index contributed by atoms with van der Waals surface area (Å²) in [7, 11) is 0. The van der Waals surface area contributed by atoms with Crippen molar-refractivity contribution in [2.24, 2.45) is 5.73 Å². The first-order chi connectivity index (χ1) is 4.20. The number of carboxylic acid groups (broad SMARTS) is 1. The SMILES string of the molecule is CCC(CN)NC(=O)O.Cl. The Morgan fingerprint density at radius 2 is 2.30 bits per heavy atom. The first-order valence-electron chi connectivity index (χ1n) is 2.90. The van der Waals surface area contributed by atoms with Gasteiger partial charge in [-0.3, -0.25) is 0 Å². The zero-order chi connectivity index (χ0) is 7.28. The fourth-order valence-electron chi connectivity index (χ4n) is 0.502. The minimum atomic E-state index is -1.01. The van der Waals surface area contributed by atoms with Crippen molar-refractivity contribution in [2.45, 2.75) is 19.4 Å². The number of carbonyl (C=O) groups is 1. The van der Waals surface area contributed by atoms with Crippen LogP contribution < -0.4 is 11.1 Å². The Morgan fingerprint density at radius 1 is 1.80 bits per heavy atom. The number of nitrogens with one attached hydrogen (secondary N) is 1. The Kier molecular flexibility index (Phi) is 8.11. The van der Waals surface area contributed by atoms with Crippen molar-refractivity contribution in [1.82, 2.24) is 5.32 Å². The minimum absolute atomic E-state index is 0. The highest BCUT2D eigenvalue weighted by Crippen LogP contribution is 1.85. The Bertz CT molecular complexity index is 95.6. The van der Waals surface area contributed by atoms with Gasteiger partial charge < -0.3 is 16.2 Å². The van der Waals surface area contributed by atoms with Crippen LogP contribution in [-0.2, 0) is 0 Å². The van der Waals surface area contributed by atoms with Crippen LogP contribution >= 0.6 is 12.4 Å². The molecule has 0 aromatic rings. The molecule has 0 fully saturated rings. The molecule has 0 aromatic heterocycles. The van der Waals surface area contributed by atoms with Gasteiger partial charge in [-0.2, -0.15) is 0 Å². The van der Waals surface area contributed by atoms with Gasteiger partial charge in [0.2, 0.25) is 0 Å². The lowest BCUT2D eigenvalue weighted by molar-refractivity contribution is 0.190. The molecule has 62 valence electrons. The van der Waals surface area contributed by atoms with Gasteiger partial charge in [-0.05, 0) is 6.42 Å². The molecule has 0 aliphatic heterocycles. The zero-order valence-electron chi connectivity index (χ0n) is 5.83. The van der Waals surface area contributed by atoms with Gasteiger partial charge in [-0.1, -0.05) is 6.92 Å². The summed E-state index contributed by atoms with van der Waals surface area (Å²) in [5.74, 6) is 0. The fraction of sp³-hybridized carbons (Fsp3) is 0.800. The van der Waals surface area contributed by atoms with E-state index in [0.717, 1.165) is 6.42 Å². The van der Waals surface area contributed by atoms with E-state index in [4.69, 9.17) is 10.8 Å². The topological polar surface area (TPSA) is 75.3 Å². The first-order valence-corrected chi connectivity index (χ1v) is 2.90. The maximum Gasteiger partial charge on any atom is 0.404 e. The van der Waals surface area contributed by atoms with E-state index >= 15 is 0 Å². The molecule has 4 nitrogen and oxygen atoms in total. The van der Waals surface area contributed by atoms with Crippen molar-refractivity contribution in [1.29, 1.82) is 0 Å². The van der Waals surface area contributed by atoms with E-state index in [9.17, 15) is 4.79 Å². The van der Waals surface area contributed by atoms with Crippen molar-refractivity contribution in [3.63, 3.8) is 0 Å². The first kappa shape index (κ1) is 12.2. The molecule has 5 heteroatoms. The van der Waals surface area contributed by atoms with Gasteiger partial charge in [0, 0.05) is 12.6 Å². The number of amides is 1. The summed E-state index contributed by atoms with van der Waals surface area (Å²) in [4.78, 5) is 9.96. The summed E-state index contributed by atoms with van der Waals surface area (Å²) in [6, 6.07) is -0.0949. The van der Waals surface area contributed by atoms with Crippen LogP contribution in [0, 0.1) is 0 Å². The van der Waals surface area contributed by atoms with Crippen LogP contribution in [0.3, 0.4) is 0 Å². The molecule has 10 heavy (non-hydrogen) atoms. The molecule has 0 saturated carbocycles. The van der Waals surface area contributed by atoms with Crippen molar-refractivity contribution in [3.05, 3.63) is 0 Å². The molecule has 0 aliphatic carbocycles. The van der Waals surface area contributed by atoms with E-state index in [0.29, 0.717) is 6.54 Å². The summed E-state index contributed by atoms with van der Waals surface area (Å²) >= 11 is 0. The number of hydrogen-bond acceptors (Lipinski definition) is 2. The Morgan fingerprint density at radius 3 is 2.40 bits per heavy atom. The van der Waals surface area contributed by atoms with Crippen LogP contribution in [0.4, 0.5) is 4.79 Å². The lowest BCUT2D eigenvalue weighted by Gasteiger charge is -2.10. The molecular weight excluding hydrogens is 156 g/mol. The predicted molar refractivity (Wildman–Crippen MR) is 41.5 cm³/mol. The largest absolute Gasteiger partial charge is 0.465 e. The van der Waals surface area contributed by atoms with Gasteiger partial charge in [0.05, 0.1) is 0 Å². The number of nitrogens with two attached hydrogens (primary N) is 1. The smallest absolute Gasteiger partial charge is 0.404 e. The standard InChI is InChI=1S/C5H12N2O2.ClH/c1-2-4(3-6)7-5(8)9;/h4,7H,2-3,6H2,1H3,(H,8,9);1H. The number of halogens is 1. The summed E-state index contributed by atoms with van der Waals surface area (Å²) in [5.41, 5.74) is 5.21. The Balaban J connectivity index is 0. The molecule has 0 radical (unpaired) electrons. The summed E-state index contributed by atoms with van der Waals surface area (Å²) < 4.78 is 0. The minimum Gasteiger partial charge on any atom is -0.465 e. The quantitative estimate of drug-likeness (QED) is 0.572. The lowest BCUT2D eigenvalue weighted by Crippen LogP contribution is -2.38. The van der Waals surface area contributed by atoms with Crippen molar-refractivity contribution < 1.29 is 9.90 Å². The zero-order valence-corrected chi connectivity index (χ0v) is 6.65. The third-order valence-corrected chi connectivity index (χ3v) is 1.10. The highest BCUT2D eigenvalue weighted by atomic mass is 35.5. The highest BCUT2D eigenvalue weighted by Gasteiger charge is 2.04. The molecule has 0 bridgehead atoms. The van der Waals surface area contributed by atoms with Crippen molar-refractivity contribution in [3.8, 4) is 0 Å². The predicted octanol–water partition coefficient (Wildman–Crippen LogP) is 0.413. The monoisotopic (exact) mass is 168 g/mol. The van der Waals surface area contributed by atoms with Gasteiger partial charge in [0.15, 0.2) is 0 Å². The van der Waals surface area contributed by atoms with Crippen molar-refractivity contribution >= 4 is 18.5 Å². The normalized spacial score (nSPS) is 11.4. The molecule has 0 saturated heterocycles. The second-order valence-electron chi connectivity index (χ2n) is 1.79. The Hall–Kier alpha value is -0.480. The Labute approximate surface area is 66.2 Å². The molecule has 0 spiro atoms. The fourth-order valence-corrected chi connectivity index (χ4v) is 0.502. The third-order valence-electron chi connectivity index (χ3n) is 1.10. The van der Waals surface area contributed by atoms with E-state index in [1.165, 1.54) is 0 Å². The second kappa shape index (κ2) is 6.64.